The molecule has 90 valence electrons. The van der Waals surface area contributed by atoms with E-state index in [1.54, 1.807) is 0 Å². The van der Waals surface area contributed by atoms with Crippen LogP contribution in [0.2, 0.25) is 0 Å². The fourth-order valence-electron chi connectivity index (χ4n) is 2.45. The normalized spacial score (nSPS) is 37.5. The summed E-state index contributed by atoms with van der Waals surface area (Å²) in [4.78, 5) is 11.5. The van der Waals surface area contributed by atoms with E-state index < -0.39 is 5.54 Å². The summed E-state index contributed by atoms with van der Waals surface area (Å²) in [5.74, 6) is 0.0393. The molecular formula is C9H18Cl2N2O2. The van der Waals surface area contributed by atoms with Crippen molar-refractivity contribution in [3.63, 3.8) is 0 Å². The number of ether oxygens (including phenoxy) is 1. The van der Waals surface area contributed by atoms with Gasteiger partial charge < -0.3 is 15.8 Å². The Kier molecular flexibility index (Phi) is 5.33. The zero-order chi connectivity index (χ0) is 9.47. The van der Waals surface area contributed by atoms with Crippen LogP contribution in [0, 0.1) is 5.92 Å². The van der Waals surface area contributed by atoms with Gasteiger partial charge in [-0.2, -0.15) is 0 Å². The standard InChI is InChI=1S/C9H16N2O2.2ClH/c1-13-8(12)9(10)4-5-11-7-3-2-6(7)9;;/h6-7,11H,2-5,10H2,1H3;2*1H. The van der Waals surface area contributed by atoms with Crippen molar-refractivity contribution in [1.82, 2.24) is 5.32 Å². The first-order valence-corrected chi connectivity index (χ1v) is 4.79. The predicted octanol–water partition coefficient (Wildman–Crippen LogP) is 0.472. The van der Waals surface area contributed by atoms with E-state index in [9.17, 15) is 4.79 Å². The number of fused-ring (bicyclic) bond motifs is 1. The highest BCUT2D eigenvalue weighted by atomic mass is 35.5. The van der Waals surface area contributed by atoms with Crippen LogP contribution >= 0.6 is 24.8 Å². The molecule has 3 N–H and O–H groups in total. The Morgan fingerprint density at radius 3 is 2.60 bits per heavy atom. The number of rotatable bonds is 1. The summed E-state index contributed by atoms with van der Waals surface area (Å²) >= 11 is 0. The summed E-state index contributed by atoms with van der Waals surface area (Å²) in [7, 11) is 1.41. The number of carbonyl (C=O) groups is 1. The molecule has 3 unspecified atom stereocenters. The van der Waals surface area contributed by atoms with Gasteiger partial charge in [-0.3, -0.25) is 4.79 Å². The Hall–Kier alpha value is -0.0300. The highest BCUT2D eigenvalue weighted by Gasteiger charge is 2.52. The van der Waals surface area contributed by atoms with Crippen molar-refractivity contribution in [1.29, 1.82) is 0 Å². The monoisotopic (exact) mass is 256 g/mol. The minimum Gasteiger partial charge on any atom is -0.468 e. The van der Waals surface area contributed by atoms with Gasteiger partial charge in [0.25, 0.3) is 0 Å². The van der Waals surface area contributed by atoms with Crippen LogP contribution in [0.3, 0.4) is 0 Å². The molecule has 0 aromatic carbocycles. The molecule has 0 aromatic heterocycles. The van der Waals surface area contributed by atoms with Crippen molar-refractivity contribution in [3.05, 3.63) is 0 Å². The number of nitrogens with one attached hydrogen (secondary N) is 1. The molecule has 2 fully saturated rings. The fraction of sp³-hybridized carbons (Fsp3) is 0.889. The summed E-state index contributed by atoms with van der Waals surface area (Å²) in [5, 5.41) is 3.36. The molecule has 6 heteroatoms. The number of hydrogen-bond donors (Lipinski definition) is 2. The van der Waals surface area contributed by atoms with E-state index in [0.717, 1.165) is 19.4 Å². The van der Waals surface area contributed by atoms with Gasteiger partial charge in [0.05, 0.1) is 7.11 Å². The molecule has 1 aliphatic heterocycles. The zero-order valence-electron chi connectivity index (χ0n) is 8.69. The Labute approximate surface area is 102 Å². The van der Waals surface area contributed by atoms with Crippen LogP contribution in [0.25, 0.3) is 0 Å². The summed E-state index contributed by atoms with van der Waals surface area (Å²) in [6, 6.07) is 0.442. The average Bonchev–Trinajstić information content (AvgIpc) is 2.07. The second kappa shape index (κ2) is 5.34. The zero-order valence-corrected chi connectivity index (χ0v) is 10.3. The van der Waals surface area contributed by atoms with Gasteiger partial charge in [-0.05, 0) is 25.8 Å². The van der Waals surface area contributed by atoms with Crippen molar-refractivity contribution in [2.24, 2.45) is 11.7 Å². The number of halogens is 2. The second-order valence-electron chi connectivity index (χ2n) is 4.03. The lowest BCUT2D eigenvalue weighted by molar-refractivity contribution is -0.153. The third-order valence-corrected chi connectivity index (χ3v) is 3.45. The Morgan fingerprint density at radius 1 is 1.47 bits per heavy atom. The molecule has 4 nitrogen and oxygen atoms in total. The molecule has 1 saturated carbocycles. The number of hydrogen-bond acceptors (Lipinski definition) is 4. The van der Waals surface area contributed by atoms with Crippen LogP contribution in [-0.4, -0.2) is 31.2 Å². The third-order valence-electron chi connectivity index (χ3n) is 3.45. The number of nitrogens with two attached hydrogens (primary N) is 1. The van der Waals surface area contributed by atoms with Crippen molar-refractivity contribution in [3.8, 4) is 0 Å². The maximum atomic E-state index is 11.5. The maximum Gasteiger partial charge on any atom is 0.326 e. The lowest BCUT2D eigenvalue weighted by Gasteiger charge is -2.50. The van der Waals surface area contributed by atoms with E-state index in [1.165, 1.54) is 7.11 Å². The molecule has 1 heterocycles. The van der Waals surface area contributed by atoms with E-state index in [4.69, 9.17) is 10.5 Å². The fourth-order valence-corrected chi connectivity index (χ4v) is 2.45. The smallest absolute Gasteiger partial charge is 0.326 e. The first-order valence-electron chi connectivity index (χ1n) is 4.79. The van der Waals surface area contributed by atoms with Crippen LogP contribution in [-0.2, 0) is 9.53 Å². The molecule has 0 amide bonds. The number of esters is 1. The van der Waals surface area contributed by atoms with Gasteiger partial charge in [0.15, 0.2) is 0 Å². The highest BCUT2D eigenvalue weighted by Crippen LogP contribution is 2.40. The first kappa shape index (κ1) is 15.0. The minimum atomic E-state index is -0.719. The third kappa shape index (κ3) is 2.23. The molecule has 0 bridgehead atoms. The second-order valence-corrected chi connectivity index (χ2v) is 4.03. The van der Waals surface area contributed by atoms with E-state index in [2.05, 4.69) is 5.32 Å². The molecule has 1 aliphatic carbocycles. The molecule has 2 aliphatic rings. The molecule has 15 heavy (non-hydrogen) atoms. The Balaban J connectivity index is 0.000000980. The molecule has 0 spiro atoms. The van der Waals surface area contributed by atoms with Crippen molar-refractivity contribution in [2.45, 2.75) is 30.8 Å². The van der Waals surface area contributed by atoms with Crippen molar-refractivity contribution >= 4 is 30.8 Å². The summed E-state index contributed by atoms with van der Waals surface area (Å²) in [6.45, 7) is 0.826. The number of methoxy groups -OCH3 is 1. The number of piperidine rings is 1. The van der Waals surface area contributed by atoms with Gasteiger partial charge in [0, 0.05) is 12.0 Å². The summed E-state index contributed by atoms with van der Waals surface area (Å²) in [6.07, 6.45) is 2.88. The van der Waals surface area contributed by atoms with E-state index >= 15 is 0 Å². The van der Waals surface area contributed by atoms with E-state index in [-0.39, 0.29) is 36.7 Å². The van der Waals surface area contributed by atoms with Gasteiger partial charge >= 0.3 is 5.97 Å². The lowest BCUT2D eigenvalue weighted by atomic mass is 9.64. The molecule has 3 atom stereocenters. The molecular weight excluding hydrogens is 239 g/mol. The van der Waals surface area contributed by atoms with Gasteiger partial charge in [-0.25, -0.2) is 0 Å². The Bertz CT molecular complexity index is 240. The number of carbonyl (C=O) groups excluding carboxylic acids is 1. The maximum absolute atomic E-state index is 11.5. The van der Waals surface area contributed by atoms with Crippen LogP contribution in [0.1, 0.15) is 19.3 Å². The van der Waals surface area contributed by atoms with E-state index in [1.807, 2.05) is 0 Å². The Morgan fingerprint density at radius 2 is 2.13 bits per heavy atom. The van der Waals surface area contributed by atoms with Crippen molar-refractivity contribution in [2.75, 3.05) is 13.7 Å². The quantitative estimate of drug-likeness (QED) is 0.670. The first-order chi connectivity index (χ1) is 6.18. The molecule has 2 rings (SSSR count). The van der Waals surface area contributed by atoms with Crippen LogP contribution < -0.4 is 11.1 Å². The van der Waals surface area contributed by atoms with Crippen molar-refractivity contribution < 1.29 is 9.53 Å². The van der Waals surface area contributed by atoms with Crippen LogP contribution in [0.15, 0.2) is 0 Å². The topological polar surface area (TPSA) is 64.3 Å². The largest absolute Gasteiger partial charge is 0.468 e. The van der Waals surface area contributed by atoms with Gasteiger partial charge in [-0.1, -0.05) is 0 Å². The van der Waals surface area contributed by atoms with Gasteiger partial charge in [0.1, 0.15) is 5.54 Å². The average molecular weight is 257 g/mol. The van der Waals surface area contributed by atoms with Gasteiger partial charge in [0.2, 0.25) is 0 Å². The van der Waals surface area contributed by atoms with Crippen LogP contribution in [0.5, 0.6) is 0 Å². The molecule has 0 radical (unpaired) electrons. The highest BCUT2D eigenvalue weighted by molar-refractivity contribution is 5.85. The summed E-state index contributed by atoms with van der Waals surface area (Å²) in [5.41, 5.74) is 5.36. The van der Waals surface area contributed by atoms with Gasteiger partial charge in [-0.15, -0.1) is 24.8 Å². The SMILES string of the molecule is COC(=O)C1(N)CCNC2CCC21.Cl.Cl. The minimum absolute atomic E-state index is 0. The molecule has 1 saturated heterocycles. The summed E-state index contributed by atoms with van der Waals surface area (Å²) < 4.78 is 4.75. The van der Waals surface area contributed by atoms with E-state index in [0.29, 0.717) is 12.5 Å². The lowest BCUT2D eigenvalue weighted by Crippen LogP contribution is -2.68. The van der Waals surface area contributed by atoms with Crippen LogP contribution in [0.4, 0.5) is 0 Å². The predicted molar refractivity (Wildman–Crippen MR) is 62.6 cm³/mol. The molecule has 0 aromatic rings.